The van der Waals surface area contributed by atoms with Gasteiger partial charge in [0.05, 0.1) is 23.4 Å². The normalized spacial score (nSPS) is 14.4. The summed E-state index contributed by atoms with van der Waals surface area (Å²) in [5.41, 5.74) is 0.804. The quantitative estimate of drug-likeness (QED) is 0.487. The Morgan fingerprint density at radius 2 is 2.20 bits per heavy atom. The zero-order chi connectivity index (χ0) is 18.3. The number of aryl methyl sites for hydroxylation is 2. The van der Waals surface area contributed by atoms with Crippen molar-refractivity contribution in [3.63, 3.8) is 0 Å². The second-order valence-corrected chi connectivity index (χ2v) is 7.08. The molecule has 2 aromatic heterocycles. The molecular formula is C17H28N6OS. The van der Waals surface area contributed by atoms with Crippen molar-refractivity contribution in [1.29, 1.82) is 0 Å². The van der Waals surface area contributed by atoms with Crippen LogP contribution in [0.1, 0.15) is 37.0 Å². The fourth-order valence-corrected chi connectivity index (χ4v) is 3.08. The number of rotatable bonds is 8. The lowest BCUT2D eigenvalue weighted by atomic mass is 10.0. The van der Waals surface area contributed by atoms with Gasteiger partial charge in [-0.05, 0) is 20.3 Å². The molecule has 0 aliphatic heterocycles. The first-order valence-electron chi connectivity index (χ1n) is 8.61. The molecule has 0 fully saturated rings. The molecule has 0 aromatic carbocycles. The van der Waals surface area contributed by atoms with Gasteiger partial charge in [-0.2, -0.15) is 5.10 Å². The van der Waals surface area contributed by atoms with Gasteiger partial charge >= 0.3 is 0 Å². The third kappa shape index (κ3) is 5.82. The van der Waals surface area contributed by atoms with Crippen LogP contribution in [0.5, 0.6) is 0 Å². The molecule has 138 valence electrons. The van der Waals surface area contributed by atoms with Crippen LogP contribution < -0.4 is 10.6 Å². The Kier molecular flexibility index (Phi) is 6.95. The summed E-state index contributed by atoms with van der Waals surface area (Å²) >= 11 is 1.71. The second kappa shape index (κ2) is 8.96. The number of nitrogens with zero attached hydrogens (tertiary/aromatic N) is 4. The van der Waals surface area contributed by atoms with Gasteiger partial charge in [0, 0.05) is 43.7 Å². The molecule has 2 heterocycles. The van der Waals surface area contributed by atoms with Crippen molar-refractivity contribution in [2.24, 2.45) is 12.0 Å². The van der Waals surface area contributed by atoms with Crippen molar-refractivity contribution < 1.29 is 5.11 Å². The van der Waals surface area contributed by atoms with Crippen molar-refractivity contribution in [3.05, 3.63) is 34.0 Å². The van der Waals surface area contributed by atoms with Crippen LogP contribution in [0.15, 0.2) is 22.8 Å². The number of hydrogen-bond donors (Lipinski definition) is 3. The highest BCUT2D eigenvalue weighted by molar-refractivity contribution is 7.09. The van der Waals surface area contributed by atoms with E-state index >= 15 is 0 Å². The van der Waals surface area contributed by atoms with E-state index in [2.05, 4.69) is 38.0 Å². The molecule has 0 spiro atoms. The minimum Gasteiger partial charge on any atom is -0.383 e. The predicted molar refractivity (Wildman–Crippen MR) is 102 cm³/mol. The standard InChI is InChI=1S/C17H28N6OS/c1-5-15-22-14(11-25-15)7-8-19-16(18-6-2)20-12-17(3,24)13-9-21-23(4)10-13/h9-11,24H,5-8,12H2,1-4H3,(H2,18,19,20). The van der Waals surface area contributed by atoms with Crippen LogP contribution in [-0.2, 0) is 25.5 Å². The lowest BCUT2D eigenvalue weighted by Crippen LogP contribution is -2.39. The van der Waals surface area contributed by atoms with Gasteiger partial charge in [0.2, 0.25) is 0 Å². The van der Waals surface area contributed by atoms with E-state index in [-0.39, 0.29) is 6.54 Å². The lowest BCUT2D eigenvalue weighted by Gasteiger charge is -2.20. The zero-order valence-electron chi connectivity index (χ0n) is 15.4. The van der Waals surface area contributed by atoms with Crippen LogP contribution in [0.25, 0.3) is 0 Å². The molecule has 0 bridgehead atoms. The first kappa shape index (κ1) is 19.4. The molecule has 3 N–H and O–H groups in total. The van der Waals surface area contributed by atoms with Crippen LogP contribution in [0.4, 0.5) is 0 Å². The van der Waals surface area contributed by atoms with E-state index < -0.39 is 5.60 Å². The SMILES string of the molecule is CCNC(=NCC(C)(O)c1cnn(C)c1)NCCc1csc(CC)n1. The fraction of sp³-hybridized carbons (Fsp3) is 0.588. The fourth-order valence-electron chi connectivity index (χ4n) is 2.30. The van der Waals surface area contributed by atoms with E-state index in [9.17, 15) is 5.11 Å². The summed E-state index contributed by atoms with van der Waals surface area (Å²) in [6.07, 6.45) is 5.30. The first-order valence-corrected chi connectivity index (χ1v) is 9.49. The Labute approximate surface area is 153 Å². The van der Waals surface area contributed by atoms with Crippen molar-refractivity contribution in [2.45, 2.75) is 39.2 Å². The van der Waals surface area contributed by atoms with Crippen LogP contribution in [0.2, 0.25) is 0 Å². The number of aliphatic hydroxyl groups is 1. The minimum absolute atomic E-state index is 0.255. The Morgan fingerprint density at radius 3 is 2.80 bits per heavy atom. The Hall–Kier alpha value is -1.93. The van der Waals surface area contributed by atoms with Crippen LogP contribution in [0, 0.1) is 0 Å². The molecule has 0 saturated carbocycles. The smallest absolute Gasteiger partial charge is 0.191 e. The van der Waals surface area contributed by atoms with E-state index in [0.717, 1.165) is 37.2 Å². The third-order valence-corrected chi connectivity index (χ3v) is 4.83. The highest BCUT2D eigenvalue weighted by Crippen LogP contribution is 2.19. The molecule has 25 heavy (non-hydrogen) atoms. The summed E-state index contributed by atoms with van der Waals surface area (Å²) in [4.78, 5) is 9.08. The van der Waals surface area contributed by atoms with Gasteiger partial charge in [-0.25, -0.2) is 9.98 Å². The molecule has 0 radical (unpaired) electrons. The summed E-state index contributed by atoms with van der Waals surface area (Å²) < 4.78 is 1.68. The van der Waals surface area contributed by atoms with E-state index in [1.807, 2.05) is 20.2 Å². The summed E-state index contributed by atoms with van der Waals surface area (Å²) in [5.74, 6) is 0.692. The largest absolute Gasteiger partial charge is 0.383 e. The summed E-state index contributed by atoms with van der Waals surface area (Å²) in [7, 11) is 1.83. The zero-order valence-corrected chi connectivity index (χ0v) is 16.2. The molecule has 0 saturated heterocycles. The van der Waals surface area contributed by atoms with Crippen molar-refractivity contribution >= 4 is 17.3 Å². The van der Waals surface area contributed by atoms with Gasteiger partial charge in [0.15, 0.2) is 5.96 Å². The number of aromatic nitrogens is 3. The molecule has 8 heteroatoms. The number of hydrogen-bond acceptors (Lipinski definition) is 5. The van der Waals surface area contributed by atoms with Crippen molar-refractivity contribution in [1.82, 2.24) is 25.4 Å². The topological polar surface area (TPSA) is 87.4 Å². The van der Waals surface area contributed by atoms with Gasteiger partial charge < -0.3 is 15.7 Å². The molecule has 2 aromatic rings. The molecule has 2 rings (SSSR count). The molecule has 0 aliphatic carbocycles. The molecule has 0 aliphatic rings. The molecular weight excluding hydrogens is 336 g/mol. The van der Waals surface area contributed by atoms with Crippen molar-refractivity contribution in [2.75, 3.05) is 19.6 Å². The molecule has 7 nitrogen and oxygen atoms in total. The van der Waals surface area contributed by atoms with E-state index in [1.54, 1.807) is 29.1 Å². The maximum Gasteiger partial charge on any atom is 0.191 e. The predicted octanol–water partition coefficient (Wildman–Crippen LogP) is 1.44. The number of guanidine groups is 1. The lowest BCUT2D eigenvalue weighted by molar-refractivity contribution is 0.0672. The average molecular weight is 365 g/mol. The van der Waals surface area contributed by atoms with Crippen LogP contribution in [-0.4, -0.2) is 45.5 Å². The van der Waals surface area contributed by atoms with Gasteiger partial charge in [0.1, 0.15) is 5.60 Å². The van der Waals surface area contributed by atoms with Crippen molar-refractivity contribution in [3.8, 4) is 0 Å². The second-order valence-electron chi connectivity index (χ2n) is 6.13. The van der Waals surface area contributed by atoms with Crippen LogP contribution >= 0.6 is 11.3 Å². The number of thiazole rings is 1. The summed E-state index contributed by atoms with van der Waals surface area (Å²) in [6, 6.07) is 0. The minimum atomic E-state index is -1.05. The first-order chi connectivity index (χ1) is 11.9. The number of nitrogens with one attached hydrogen (secondary N) is 2. The van der Waals surface area contributed by atoms with Gasteiger partial charge in [0.25, 0.3) is 0 Å². The third-order valence-electron chi connectivity index (χ3n) is 3.79. The van der Waals surface area contributed by atoms with Crippen LogP contribution in [0.3, 0.4) is 0 Å². The van der Waals surface area contributed by atoms with E-state index in [0.29, 0.717) is 5.96 Å². The summed E-state index contributed by atoms with van der Waals surface area (Å²) in [6.45, 7) is 7.64. The van der Waals surface area contributed by atoms with Gasteiger partial charge in [-0.1, -0.05) is 6.92 Å². The Balaban J connectivity index is 1.90. The van der Waals surface area contributed by atoms with Gasteiger partial charge in [-0.15, -0.1) is 11.3 Å². The van der Waals surface area contributed by atoms with E-state index in [4.69, 9.17) is 0 Å². The highest BCUT2D eigenvalue weighted by Gasteiger charge is 2.24. The highest BCUT2D eigenvalue weighted by atomic mass is 32.1. The molecule has 0 amide bonds. The van der Waals surface area contributed by atoms with E-state index in [1.165, 1.54) is 5.01 Å². The van der Waals surface area contributed by atoms with Gasteiger partial charge in [-0.3, -0.25) is 4.68 Å². The Bertz CT molecular complexity index is 691. The maximum atomic E-state index is 10.6. The average Bonchev–Trinajstić information content (AvgIpc) is 3.22. The monoisotopic (exact) mass is 364 g/mol. The molecule has 1 atom stereocenters. The Morgan fingerprint density at radius 1 is 1.40 bits per heavy atom. The molecule has 1 unspecified atom stereocenters. The maximum absolute atomic E-state index is 10.6. The summed E-state index contributed by atoms with van der Waals surface area (Å²) in [5, 5.41) is 24.5. The number of aliphatic imine (C=N–C) groups is 1.